The molecule has 0 saturated carbocycles. The highest BCUT2D eigenvalue weighted by Gasteiger charge is 2.30. The fraction of sp³-hybridized carbons (Fsp3) is 0.111. The molecule has 1 unspecified atom stereocenters. The molecular formula is C18H14N2O2S. The highest BCUT2D eigenvalue weighted by molar-refractivity contribution is 7.08. The van der Waals surface area contributed by atoms with Gasteiger partial charge in [-0.05, 0) is 40.6 Å². The molecule has 1 aliphatic rings. The first-order valence-corrected chi connectivity index (χ1v) is 8.26. The number of Topliss-reactive ketones (excluding diaryl/α,β-unsaturated/α-hetero) is 1. The number of fused-ring (bicyclic) bond motifs is 1. The molecule has 4 rings (SSSR count). The molecule has 4 nitrogen and oxygen atoms in total. The van der Waals surface area contributed by atoms with Crippen LogP contribution in [0.5, 0.6) is 5.75 Å². The Hall–Kier alpha value is -2.66. The van der Waals surface area contributed by atoms with Crippen molar-refractivity contribution < 1.29 is 9.90 Å². The molecule has 0 radical (unpaired) electrons. The van der Waals surface area contributed by atoms with E-state index >= 15 is 0 Å². The number of hydrogen-bond donors (Lipinski definition) is 2. The number of benzene rings is 1. The molecule has 5 heteroatoms. The SMILES string of the molecule is O=C(c1cccc(O)c1)C1CNc2ncc(-c3ccsc3)cc21. The summed E-state index contributed by atoms with van der Waals surface area (Å²) in [6.45, 7) is 0.532. The van der Waals surface area contributed by atoms with Crippen LogP contribution >= 0.6 is 11.3 Å². The number of nitrogens with zero attached hydrogens (tertiary/aromatic N) is 1. The molecule has 0 bridgehead atoms. The quantitative estimate of drug-likeness (QED) is 0.718. The minimum absolute atomic E-state index is 0.00332. The summed E-state index contributed by atoms with van der Waals surface area (Å²) in [7, 11) is 0. The summed E-state index contributed by atoms with van der Waals surface area (Å²) >= 11 is 1.64. The lowest BCUT2D eigenvalue weighted by Gasteiger charge is -2.10. The van der Waals surface area contributed by atoms with Gasteiger partial charge < -0.3 is 10.4 Å². The zero-order valence-electron chi connectivity index (χ0n) is 12.2. The van der Waals surface area contributed by atoms with Crippen molar-refractivity contribution >= 4 is 22.9 Å². The van der Waals surface area contributed by atoms with Crippen LogP contribution in [0.4, 0.5) is 5.82 Å². The summed E-state index contributed by atoms with van der Waals surface area (Å²) < 4.78 is 0. The molecule has 0 amide bonds. The smallest absolute Gasteiger partial charge is 0.172 e. The van der Waals surface area contributed by atoms with Gasteiger partial charge in [-0.1, -0.05) is 12.1 Å². The maximum absolute atomic E-state index is 12.8. The number of nitrogens with one attached hydrogen (secondary N) is 1. The highest BCUT2D eigenvalue weighted by Crippen LogP contribution is 2.35. The Morgan fingerprint density at radius 1 is 1.26 bits per heavy atom. The molecule has 2 aromatic heterocycles. The fourth-order valence-electron chi connectivity index (χ4n) is 2.88. The Balaban J connectivity index is 1.72. The third-order valence-corrected chi connectivity index (χ3v) is 4.75. The lowest BCUT2D eigenvalue weighted by Crippen LogP contribution is -2.14. The number of aromatic nitrogens is 1. The van der Waals surface area contributed by atoms with Crippen molar-refractivity contribution in [3.05, 3.63) is 64.5 Å². The molecule has 0 fully saturated rings. The number of rotatable bonds is 3. The van der Waals surface area contributed by atoms with E-state index in [1.54, 1.807) is 29.5 Å². The van der Waals surface area contributed by atoms with Crippen molar-refractivity contribution in [1.29, 1.82) is 0 Å². The molecule has 23 heavy (non-hydrogen) atoms. The van der Waals surface area contributed by atoms with E-state index in [2.05, 4.69) is 15.7 Å². The number of aromatic hydroxyl groups is 1. The topological polar surface area (TPSA) is 62.2 Å². The van der Waals surface area contributed by atoms with Crippen molar-refractivity contribution in [3.8, 4) is 16.9 Å². The number of thiophene rings is 1. The maximum Gasteiger partial charge on any atom is 0.172 e. The van der Waals surface area contributed by atoms with Crippen LogP contribution in [0.3, 0.4) is 0 Å². The van der Waals surface area contributed by atoms with Crippen molar-refractivity contribution in [3.63, 3.8) is 0 Å². The summed E-state index contributed by atoms with van der Waals surface area (Å²) in [6, 6.07) is 10.6. The number of phenols is 1. The Labute approximate surface area is 137 Å². The van der Waals surface area contributed by atoms with Crippen molar-refractivity contribution in [2.24, 2.45) is 0 Å². The van der Waals surface area contributed by atoms with E-state index in [1.807, 2.05) is 23.7 Å². The Morgan fingerprint density at radius 2 is 2.17 bits per heavy atom. The first-order chi connectivity index (χ1) is 11.2. The Kier molecular flexibility index (Phi) is 3.35. The molecular weight excluding hydrogens is 308 g/mol. The molecule has 1 atom stereocenters. The number of pyridine rings is 1. The fourth-order valence-corrected chi connectivity index (χ4v) is 3.55. The summed E-state index contributed by atoms with van der Waals surface area (Å²) in [6.07, 6.45) is 1.83. The molecule has 1 aromatic carbocycles. The van der Waals surface area contributed by atoms with Crippen LogP contribution in [-0.4, -0.2) is 22.4 Å². The second-order valence-electron chi connectivity index (χ2n) is 5.52. The van der Waals surface area contributed by atoms with E-state index < -0.39 is 0 Å². The van der Waals surface area contributed by atoms with E-state index in [4.69, 9.17) is 0 Å². The van der Waals surface area contributed by atoms with Gasteiger partial charge in [0.25, 0.3) is 0 Å². The minimum Gasteiger partial charge on any atom is -0.508 e. The molecule has 1 aliphatic heterocycles. The highest BCUT2D eigenvalue weighted by atomic mass is 32.1. The number of hydrogen-bond acceptors (Lipinski definition) is 5. The number of carbonyl (C=O) groups excluding carboxylic acids is 1. The summed E-state index contributed by atoms with van der Waals surface area (Å²) in [5.41, 5.74) is 3.57. The predicted octanol–water partition coefficient (Wildman–Crippen LogP) is 3.91. The van der Waals surface area contributed by atoms with Gasteiger partial charge in [-0.2, -0.15) is 11.3 Å². The standard InChI is InChI=1S/C18H14N2O2S/c21-14-3-1-2-11(6-14)17(22)16-9-20-18-15(16)7-13(8-19-18)12-4-5-23-10-12/h1-8,10,16,21H,9H2,(H,19,20). The molecule has 2 N–H and O–H groups in total. The monoisotopic (exact) mass is 322 g/mol. The van der Waals surface area contributed by atoms with Crippen LogP contribution < -0.4 is 5.32 Å². The number of carbonyl (C=O) groups is 1. The summed E-state index contributed by atoms with van der Waals surface area (Å²) in [5.74, 6) is 0.587. The van der Waals surface area contributed by atoms with Crippen LogP contribution in [0.1, 0.15) is 21.8 Å². The largest absolute Gasteiger partial charge is 0.508 e. The second kappa shape index (κ2) is 5.52. The van der Waals surface area contributed by atoms with E-state index in [-0.39, 0.29) is 17.5 Å². The van der Waals surface area contributed by atoms with Gasteiger partial charge in [-0.3, -0.25) is 4.79 Å². The van der Waals surface area contributed by atoms with Gasteiger partial charge >= 0.3 is 0 Å². The van der Waals surface area contributed by atoms with Gasteiger partial charge in [0.05, 0.1) is 5.92 Å². The zero-order valence-corrected chi connectivity index (χ0v) is 13.0. The van der Waals surface area contributed by atoms with Gasteiger partial charge in [0.2, 0.25) is 0 Å². The van der Waals surface area contributed by atoms with E-state index in [0.717, 1.165) is 22.5 Å². The normalized spacial score (nSPS) is 15.9. The maximum atomic E-state index is 12.8. The van der Waals surface area contributed by atoms with E-state index in [0.29, 0.717) is 12.1 Å². The van der Waals surface area contributed by atoms with Crippen LogP contribution in [0.15, 0.2) is 53.4 Å². The number of ketones is 1. The molecule has 3 heterocycles. The minimum atomic E-state index is -0.280. The lowest BCUT2D eigenvalue weighted by atomic mass is 9.92. The average molecular weight is 322 g/mol. The number of anilines is 1. The summed E-state index contributed by atoms with van der Waals surface area (Å²) in [4.78, 5) is 17.2. The third kappa shape index (κ3) is 2.49. The molecule has 0 aliphatic carbocycles. The molecule has 114 valence electrons. The molecule has 0 saturated heterocycles. The predicted molar refractivity (Wildman–Crippen MR) is 91.2 cm³/mol. The number of phenolic OH excluding ortho intramolecular Hbond substituents is 1. The van der Waals surface area contributed by atoms with E-state index in [9.17, 15) is 9.90 Å². The lowest BCUT2D eigenvalue weighted by molar-refractivity contribution is 0.0966. The van der Waals surface area contributed by atoms with Crippen molar-refractivity contribution in [2.45, 2.75) is 5.92 Å². The third-order valence-electron chi connectivity index (χ3n) is 4.07. The zero-order chi connectivity index (χ0) is 15.8. The van der Waals surface area contributed by atoms with Crippen LogP contribution in [0.2, 0.25) is 0 Å². The first-order valence-electron chi connectivity index (χ1n) is 7.32. The van der Waals surface area contributed by atoms with Crippen LogP contribution in [0, 0.1) is 0 Å². The molecule has 0 spiro atoms. The Bertz CT molecular complexity index is 874. The van der Waals surface area contributed by atoms with Gasteiger partial charge in [-0.15, -0.1) is 0 Å². The van der Waals surface area contributed by atoms with Crippen LogP contribution in [-0.2, 0) is 0 Å². The van der Waals surface area contributed by atoms with Crippen molar-refractivity contribution in [1.82, 2.24) is 4.98 Å². The second-order valence-corrected chi connectivity index (χ2v) is 6.30. The van der Waals surface area contributed by atoms with Crippen molar-refractivity contribution in [2.75, 3.05) is 11.9 Å². The summed E-state index contributed by atoms with van der Waals surface area (Å²) in [5, 5.41) is 16.9. The van der Waals surface area contributed by atoms with Gasteiger partial charge in [-0.25, -0.2) is 4.98 Å². The van der Waals surface area contributed by atoms with Gasteiger partial charge in [0.1, 0.15) is 11.6 Å². The molecule has 3 aromatic rings. The Morgan fingerprint density at radius 3 is 2.96 bits per heavy atom. The van der Waals surface area contributed by atoms with E-state index in [1.165, 1.54) is 6.07 Å². The van der Waals surface area contributed by atoms with Crippen LogP contribution in [0.25, 0.3) is 11.1 Å². The van der Waals surface area contributed by atoms with Gasteiger partial charge in [0, 0.05) is 29.4 Å². The first kappa shape index (κ1) is 14.0. The average Bonchev–Trinajstić information content (AvgIpc) is 3.23. The van der Waals surface area contributed by atoms with Gasteiger partial charge in [0.15, 0.2) is 5.78 Å².